The molecule has 0 aromatic rings. The van der Waals surface area contributed by atoms with Crippen molar-refractivity contribution in [3.05, 3.63) is 0 Å². The second-order valence-electron chi connectivity index (χ2n) is 1.32. The van der Waals surface area contributed by atoms with Crippen LogP contribution in [0.25, 0.3) is 0 Å². The molecule has 2 radical (unpaired) electrons. The quantitative estimate of drug-likeness (QED) is 0.429. The maximum atomic E-state index is 4.92. The molecule has 0 atom stereocenters. The Balaban J connectivity index is 2.54. The first-order valence-corrected chi connectivity index (χ1v) is 1.73. The Labute approximate surface area is 34.2 Å². The Morgan fingerprint density at radius 3 is 1.80 bits per heavy atom. The van der Waals surface area contributed by atoms with E-state index in [1.165, 1.54) is 0 Å². The zero-order valence-electron chi connectivity index (χ0n) is 3.65. The van der Waals surface area contributed by atoms with Crippen LogP contribution >= 0.6 is 0 Å². The minimum atomic E-state index is 0.412. The fourth-order valence-electron chi connectivity index (χ4n) is 0. The molecule has 0 bridgehead atoms. The fourth-order valence-corrected chi connectivity index (χ4v) is 0. The molecule has 5 heavy (non-hydrogen) atoms. The second kappa shape index (κ2) is 2.27. The predicted octanol–water partition coefficient (Wildman–Crippen LogP) is 0.0679. The lowest BCUT2D eigenvalue weighted by atomic mass is 10.3. The van der Waals surface area contributed by atoms with Crippen molar-refractivity contribution in [3.8, 4) is 0 Å². The summed E-state index contributed by atoms with van der Waals surface area (Å²) in [7, 11) is 4.92. The van der Waals surface area contributed by atoms with Crippen molar-refractivity contribution in [2.24, 2.45) is 0 Å². The average Bonchev–Trinajstić information content (AvgIpc) is 1.38. The molecular formula is C3H8BN. The van der Waals surface area contributed by atoms with Crippen molar-refractivity contribution in [1.82, 2.24) is 5.23 Å². The molecule has 2 heteroatoms. The third kappa shape index (κ3) is 4.02. The molecule has 0 aliphatic carbocycles. The third-order valence-corrected chi connectivity index (χ3v) is 0.333. The minimum Gasteiger partial charge on any atom is -0.364 e. The van der Waals surface area contributed by atoms with E-state index >= 15 is 0 Å². The Morgan fingerprint density at radius 2 is 1.80 bits per heavy atom. The lowest BCUT2D eigenvalue weighted by molar-refractivity contribution is 0.761. The van der Waals surface area contributed by atoms with E-state index in [4.69, 9.17) is 7.98 Å². The van der Waals surface area contributed by atoms with Crippen LogP contribution in [0.15, 0.2) is 0 Å². The van der Waals surface area contributed by atoms with Crippen LogP contribution in [-0.2, 0) is 0 Å². The van der Waals surface area contributed by atoms with Crippen LogP contribution in [0.3, 0.4) is 0 Å². The molecule has 0 aromatic heterocycles. The zero-order chi connectivity index (χ0) is 4.28. The molecule has 0 heterocycles. The first-order valence-electron chi connectivity index (χ1n) is 1.73. The molecule has 0 saturated carbocycles. The summed E-state index contributed by atoms with van der Waals surface area (Å²) in [5.74, 6) is 0. The van der Waals surface area contributed by atoms with Gasteiger partial charge in [0.15, 0.2) is 7.98 Å². The van der Waals surface area contributed by atoms with Gasteiger partial charge in [-0.15, -0.1) is 0 Å². The van der Waals surface area contributed by atoms with Crippen LogP contribution in [0.2, 0.25) is 0 Å². The number of hydrogen-bond donors (Lipinski definition) is 1. The molecule has 28 valence electrons. The Hall–Kier alpha value is 0.0249. The smallest absolute Gasteiger partial charge is 0.178 e. The van der Waals surface area contributed by atoms with Crippen molar-refractivity contribution in [2.75, 3.05) is 0 Å². The molecular weight excluding hydrogens is 60.9 g/mol. The van der Waals surface area contributed by atoms with Crippen molar-refractivity contribution in [3.63, 3.8) is 0 Å². The van der Waals surface area contributed by atoms with E-state index in [9.17, 15) is 0 Å². The van der Waals surface area contributed by atoms with E-state index in [0.29, 0.717) is 6.04 Å². The van der Waals surface area contributed by atoms with Crippen LogP contribution in [-0.4, -0.2) is 14.0 Å². The van der Waals surface area contributed by atoms with Gasteiger partial charge in [0.2, 0.25) is 0 Å². The van der Waals surface area contributed by atoms with Gasteiger partial charge in [0.1, 0.15) is 0 Å². The van der Waals surface area contributed by atoms with Gasteiger partial charge in [-0.05, 0) is 6.04 Å². The largest absolute Gasteiger partial charge is 0.364 e. The van der Waals surface area contributed by atoms with Crippen molar-refractivity contribution in [1.29, 1.82) is 0 Å². The molecule has 0 aromatic carbocycles. The van der Waals surface area contributed by atoms with Gasteiger partial charge in [-0.3, -0.25) is 0 Å². The molecule has 0 amide bonds. The van der Waals surface area contributed by atoms with Gasteiger partial charge in [-0.1, -0.05) is 13.8 Å². The summed E-state index contributed by atoms with van der Waals surface area (Å²) in [6.45, 7) is 3.97. The van der Waals surface area contributed by atoms with Gasteiger partial charge in [0.05, 0.1) is 0 Å². The van der Waals surface area contributed by atoms with E-state index < -0.39 is 0 Å². The highest BCUT2D eigenvalue weighted by Gasteiger charge is 1.76. The lowest BCUT2D eigenvalue weighted by Gasteiger charge is -1.95. The van der Waals surface area contributed by atoms with E-state index in [0.717, 1.165) is 0 Å². The van der Waals surface area contributed by atoms with Gasteiger partial charge in [-0.25, -0.2) is 0 Å². The monoisotopic (exact) mass is 69.1 g/mol. The lowest BCUT2D eigenvalue weighted by Crippen LogP contribution is -2.17. The van der Waals surface area contributed by atoms with E-state index in [2.05, 4.69) is 5.23 Å². The van der Waals surface area contributed by atoms with Gasteiger partial charge < -0.3 is 5.23 Å². The maximum absolute atomic E-state index is 4.92. The summed E-state index contributed by atoms with van der Waals surface area (Å²) in [5, 5.41) is 2.53. The summed E-state index contributed by atoms with van der Waals surface area (Å²) >= 11 is 0. The first kappa shape index (κ1) is 5.02. The molecule has 1 nitrogen and oxygen atoms in total. The highest BCUT2D eigenvalue weighted by atomic mass is 14.8. The first-order chi connectivity index (χ1) is 2.27. The molecule has 0 rings (SSSR count). The highest BCUT2D eigenvalue weighted by Crippen LogP contribution is 1.66. The Kier molecular flexibility index (Phi) is 2.28. The van der Waals surface area contributed by atoms with Crippen molar-refractivity contribution < 1.29 is 0 Å². The summed E-state index contributed by atoms with van der Waals surface area (Å²) in [6, 6.07) is 0.412. The molecule has 0 saturated heterocycles. The fraction of sp³-hybridized carbons (Fsp3) is 1.00. The normalized spacial score (nSPS) is 9.40. The molecule has 0 spiro atoms. The summed E-state index contributed by atoms with van der Waals surface area (Å²) in [6.07, 6.45) is 0. The average molecular weight is 68.9 g/mol. The van der Waals surface area contributed by atoms with Crippen LogP contribution in [0.1, 0.15) is 13.8 Å². The van der Waals surface area contributed by atoms with Gasteiger partial charge in [0, 0.05) is 0 Å². The molecule has 0 fully saturated rings. The van der Waals surface area contributed by atoms with E-state index in [1.807, 2.05) is 13.8 Å². The topological polar surface area (TPSA) is 12.0 Å². The SMILES string of the molecule is [B]NC(C)C. The second-order valence-corrected chi connectivity index (χ2v) is 1.32. The minimum absolute atomic E-state index is 0.412. The van der Waals surface area contributed by atoms with Gasteiger partial charge >= 0.3 is 0 Å². The summed E-state index contributed by atoms with van der Waals surface area (Å²) in [4.78, 5) is 0. The van der Waals surface area contributed by atoms with Crippen LogP contribution in [0, 0.1) is 0 Å². The van der Waals surface area contributed by atoms with Gasteiger partial charge in [-0.2, -0.15) is 0 Å². The number of nitrogens with one attached hydrogen (secondary N) is 1. The summed E-state index contributed by atoms with van der Waals surface area (Å²) in [5.41, 5.74) is 0. The number of hydrogen-bond acceptors (Lipinski definition) is 1. The highest BCUT2D eigenvalue weighted by molar-refractivity contribution is 6.04. The molecule has 0 aliphatic rings. The number of rotatable bonds is 1. The third-order valence-electron chi connectivity index (χ3n) is 0.333. The van der Waals surface area contributed by atoms with Crippen LogP contribution < -0.4 is 5.23 Å². The molecule has 1 N–H and O–H groups in total. The van der Waals surface area contributed by atoms with Crippen LogP contribution in [0.5, 0.6) is 0 Å². The Morgan fingerprint density at radius 1 is 1.60 bits per heavy atom. The van der Waals surface area contributed by atoms with E-state index in [-0.39, 0.29) is 0 Å². The molecule has 0 unspecified atom stereocenters. The molecule has 0 aliphatic heterocycles. The zero-order valence-corrected chi connectivity index (χ0v) is 3.65. The van der Waals surface area contributed by atoms with Crippen molar-refractivity contribution in [2.45, 2.75) is 19.9 Å². The summed E-state index contributed by atoms with van der Waals surface area (Å²) < 4.78 is 0. The van der Waals surface area contributed by atoms with Crippen LogP contribution in [0.4, 0.5) is 0 Å². The standard InChI is InChI=1S/C3H8BN/c1-3(2)5-4/h3,5H,1-2H3. The maximum Gasteiger partial charge on any atom is 0.178 e. The predicted molar refractivity (Wildman–Crippen MR) is 24.0 cm³/mol. The van der Waals surface area contributed by atoms with Crippen molar-refractivity contribution >= 4 is 7.98 Å². The van der Waals surface area contributed by atoms with Gasteiger partial charge in [0.25, 0.3) is 0 Å². The van der Waals surface area contributed by atoms with E-state index in [1.54, 1.807) is 0 Å². The Bertz CT molecular complexity index is 20.9.